The van der Waals surface area contributed by atoms with Gasteiger partial charge in [-0.25, -0.2) is 4.98 Å². The van der Waals surface area contributed by atoms with Gasteiger partial charge in [0, 0.05) is 24.0 Å². The molecular formula is C16H18N2O4S. The SMILES string of the molecule is CCCN(CCO)C(=O)c1csc(-c2ccc3c(c2)OCO3)n1. The van der Waals surface area contributed by atoms with Crippen molar-refractivity contribution < 1.29 is 19.4 Å². The zero-order valence-corrected chi connectivity index (χ0v) is 13.6. The third-order valence-corrected chi connectivity index (χ3v) is 4.38. The number of aliphatic hydroxyl groups is 1. The van der Waals surface area contributed by atoms with Crippen LogP contribution < -0.4 is 9.47 Å². The van der Waals surface area contributed by atoms with Gasteiger partial charge in [-0.3, -0.25) is 4.79 Å². The monoisotopic (exact) mass is 334 g/mol. The molecule has 0 atom stereocenters. The molecule has 1 aliphatic rings. The van der Waals surface area contributed by atoms with Crippen molar-refractivity contribution in [3.05, 3.63) is 29.3 Å². The number of benzene rings is 1. The van der Waals surface area contributed by atoms with E-state index in [1.54, 1.807) is 10.3 Å². The summed E-state index contributed by atoms with van der Waals surface area (Å²) in [5.74, 6) is 1.27. The van der Waals surface area contributed by atoms with Gasteiger partial charge in [0.2, 0.25) is 6.79 Å². The van der Waals surface area contributed by atoms with E-state index >= 15 is 0 Å². The smallest absolute Gasteiger partial charge is 0.273 e. The van der Waals surface area contributed by atoms with Gasteiger partial charge in [0.05, 0.1) is 6.61 Å². The molecule has 6 nitrogen and oxygen atoms in total. The van der Waals surface area contributed by atoms with Gasteiger partial charge >= 0.3 is 0 Å². The molecule has 122 valence electrons. The molecule has 0 radical (unpaired) electrons. The summed E-state index contributed by atoms with van der Waals surface area (Å²) < 4.78 is 10.7. The second kappa shape index (κ2) is 6.97. The van der Waals surface area contributed by atoms with E-state index in [-0.39, 0.29) is 19.3 Å². The van der Waals surface area contributed by atoms with Crippen LogP contribution in [0.3, 0.4) is 0 Å². The predicted octanol–water partition coefficient (Wildman–Crippen LogP) is 2.38. The first-order valence-corrected chi connectivity index (χ1v) is 8.36. The summed E-state index contributed by atoms with van der Waals surface area (Å²) in [7, 11) is 0. The first kappa shape index (κ1) is 15.8. The minimum absolute atomic E-state index is 0.0507. The molecule has 0 fully saturated rings. The van der Waals surface area contributed by atoms with E-state index in [1.807, 2.05) is 25.1 Å². The first-order valence-electron chi connectivity index (χ1n) is 7.48. The van der Waals surface area contributed by atoms with Crippen LogP contribution in [0.15, 0.2) is 23.6 Å². The van der Waals surface area contributed by atoms with Crippen LogP contribution in [0.1, 0.15) is 23.8 Å². The number of carbonyl (C=O) groups is 1. The minimum atomic E-state index is -0.149. The highest BCUT2D eigenvalue weighted by Crippen LogP contribution is 2.36. The van der Waals surface area contributed by atoms with E-state index in [2.05, 4.69) is 4.98 Å². The van der Waals surface area contributed by atoms with E-state index in [0.29, 0.717) is 24.5 Å². The minimum Gasteiger partial charge on any atom is -0.454 e. The normalized spacial score (nSPS) is 12.4. The molecule has 0 bridgehead atoms. The average Bonchev–Trinajstić information content (AvgIpc) is 3.22. The molecule has 2 heterocycles. The molecule has 7 heteroatoms. The van der Waals surface area contributed by atoms with Crippen molar-refractivity contribution in [2.45, 2.75) is 13.3 Å². The Balaban J connectivity index is 1.81. The van der Waals surface area contributed by atoms with Gasteiger partial charge in [-0.2, -0.15) is 0 Å². The number of thiazole rings is 1. The van der Waals surface area contributed by atoms with Crippen LogP contribution in [0.25, 0.3) is 10.6 Å². The standard InChI is InChI=1S/C16H18N2O4S/c1-2-5-18(6-7-19)16(20)12-9-23-15(17-12)11-3-4-13-14(8-11)22-10-21-13/h3-4,8-9,19H,2,5-7,10H2,1H3. The van der Waals surface area contributed by atoms with Crippen LogP contribution >= 0.6 is 11.3 Å². The maximum atomic E-state index is 12.5. The van der Waals surface area contributed by atoms with E-state index < -0.39 is 0 Å². The Kier molecular flexibility index (Phi) is 4.78. The molecule has 0 unspecified atom stereocenters. The average molecular weight is 334 g/mol. The van der Waals surface area contributed by atoms with E-state index in [9.17, 15) is 4.79 Å². The fraction of sp³-hybridized carbons (Fsp3) is 0.375. The Morgan fingerprint density at radius 3 is 2.96 bits per heavy atom. The molecule has 3 rings (SSSR count). The summed E-state index contributed by atoms with van der Waals surface area (Å²) in [6, 6.07) is 5.61. The van der Waals surface area contributed by atoms with Crippen molar-refractivity contribution in [1.82, 2.24) is 9.88 Å². The third-order valence-electron chi connectivity index (χ3n) is 3.49. The highest BCUT2D eigenvalue weighted by molar-refractivity contribution is 7.13. The lowest BCUT2D eigenvalue weighted by atomic mass is 10.2. The summed E-state index contributed by atoms with van der Waals surface area (Å²) in [5, 5.41) is 11.6. The zero-order chi connectivity index (χ0) is 16.2. The molecule has 0 saturated carbocycles. The summed E-state index contributed by atoms with van der Waals surface area (Å²) in [5.41, 5.74) is 1.30. The number of hydrogen-bond donors (Lipinski definition) is 1. The maximum absolute atomic E-state index is 12.5. The van der Waals surface area contributed by atoms with Crippen molar-refractivity contribution in [1.29, 1.82) is 0 Å². The van der Waals surface area contributed by atoms with Crippen LogP contribution in [-0.4, -0.2) is 47.4 Å². The summed E-state index contributed by atoms with van der Waals surface area (Å²) in [4.78, 5) is 18.5. The number of aromatic nitrogens is 1. The lowest BCUT2D eigenvalue weighted by molar-refractivity contribution is 0.0717. The third kappa shape index (κ3) is 3.30. The van der Waals surface area contributed by atoms with E-state index in [1.165, 1.54) is 11.3 Å². The van der Waals surface area contributed by atoms with Crippen molar-refractivity contribution >= 4 is 17.2 Å². The fourth-order valence-electron chi connectivity index (χ4n) is 2.40. The first-order chi connectivity index (χ1) is 11.2. The van der Waals surface area contributed by atoms with Crippen LogP contribution in [0, 0.1) is 0 Å². The quantitative estimate of drug-likeness (QED) is 0.878. The van der Waals surface area contributed by atoms with Crippen LogP contribution in [-0.2, 0) is 0 Å². The summed E-state index contributed by atoms with van der Waals surface area (Å²) in [6.45, 7) is 3.11. The Hall–Kier alpha value is -2.12. The lowest BCUT2D eigenvalue weighted by Crippen LogP contribution is -2.34. The Bertz CT molecular complexity index is 695. The van der Waals surface area contributed by atoms with E-state index in [0.717, 1.165) is 22.7 Å². The number of amides is 1. The molecule has 1 amide bonds. The lowest BCUT2D eigenvalue weighted by Gasteiger charge is -2.19. The Morgan fingerprint density at radius 1 is 1.35 bits per heavy atom. The highest BCUT2D eigenvalue weighted by atomic mass is 32.1. The Labute approximate surface area is 138 Å². The van der Waals surface area contributed by atoms with Crippen LogP contribution in [0.2, 0.25) is 0 Å². The molecule has 1 aromatic carbocycles. The molecule has 23 heavy (non-hydrogen) atoms. The summed E-state index contributed by atoms with van der Waals surface area (Å²) >= 11 is 1.41. The van der Waals surface area contributed by atoms with Crippen molar-refractivity contribution in [3.8, 4) is 22.1 Å². The van der Waals surface area contributed by atoms with Crippen LogP contribution in [0.5, 0.6) is 11.5 Å². The number of ether oxygens (including phenoxy) is 2. The number of rotatable bonds is 6. The van der Waals surface area contributed by atoms with Gasteiger partial charge in [-0.1, -0.05) is 6.92 Å². The second-order valence-corrected chi connectivity index (χ2v) is 5.98. The molecule has 0 aliphatic carbocycles. The van der Waals surface area contributed by atoms with Gasteiger partial charge in [-0.05, 0) is 24.6 Å². The number of carbonyl (C=O) groups excluding carboxylic acids is 1. The van der Waals surface area contributed by atoms with Gasteiger partial charge in [0.25, 0.3) is 5.91 Å². The van der Waals surface area contributed by atoms with Crippen molar-refractivity contribution in [2.24, 2.45) is 0 Å². The predicted molar refractivity (Wildman–Crippen MR) is 87.0 cm³/mol. The molecule has 1 aliphatic heterocycles. The van der Waals surface area contributed by atoms with Gasteiger partial charge < -0.3 is 19.5 Å². The van der Waals surface area contributed by atoms with Crippen LogP contribution in [0.4, 0.5) is 0 Å². The topological polar surface area (TPSA) is 71.9 Å². The number of nitrogens with zero attached hydrogens (tertiary/aromatic N) is 2. The van der Waals surface area contributed by atoms with Crippen molar-refractivity contribution in [3.63, 3.8) is 0 Å². The fourth-order valence-corrected chi connectivity index (χ4v) is 3.19. The molecule has 0 spiro atoms. The molecule has 1 aromatic heterocycles. The maximum Gasteiger partial charge on any atom is 0.273 e. The molecular weight excluding hydrogens is 316 g/mol. The second-order valence-electron chi connectivity index (χ2n) is 5.12. The molecule has 0 saturated heterocycles. The van der Waals surface area contributed by atoms with Gasteiger partial charge in [0.15, 0.2) is 11.5 Å². The zero-order valence-electron chi connectivity index (χ0n) is 12.8. The van der Waals surface area contributed by atoms with Crippen molar-refractivity contribution in [2.75, 3.05) is 26.5 Å². The summed E-state index contributed by atoms with van der Waals surface area (Å²) in [6.07, 6.45) is 0.838. The largest absolute Gasteiger partial charge is 0.454 e. The number of aliphatic hydroxyl groups excluding tert-OH is 1. The Morgan fingerprint density at radius 2 is 2.17 bits per heavy atom. The molecule has 1 N–H and O–H groups in total. The highest BCUT2D eigenvalue weighted by Gasteiger charge is 2.19. The number of fused-ring (bicyclic) bond motifs is 1. The van der Waals surface area contributed by atoms with E-state index in [4.69, 9.17) is 14.6 Å². The molecule has 2 aromatic rings. The number of hydrogen-bond acceptors (Lipinski definition) is 6. The van der Waals surface area contributed by atoms with Gasteiger partial charge in [0.1, 0.15) is 10.7 Å². The van der Waals surface area contributed by atoms with Gasteiger partial charge in [-0.15, -0.1) is 11.3 Å².